The van der Waals surface area contributed by atoms with E-state index in [2.05, 4.69) is 22.4 Å². The van der Waals surface area contributed by atoms with Gasteiger partial charge in [-0.05, 0) is 50.8 Å². The maximum absolute atomic E-state index is 5.97. The Bertz CT molecular complexity index is 462. The van der Waals surface area contributed by atoms with E-state index in [1.807, 2.05) is 26.0 Å². The molecule has 0 spiro atoms. The number of hydrogen-bond acceptors (Lipinski definition) is 2. The molecule has 1 fully saturated rings. The van der Waals surface area contributed by atoms with Crippen LogP contribution in [0, 0.1) is 0 Å². The second-order valence-electron chi connectivity index (χ2n) is 6.31. The lowest BCUT2D eigenvalue weighted by Gasteiger charge is -2.23. The van der Waals surface area contributed by atoms with Crippen molar-refractivity contribution in [1.29, 1.82) is 0 Å². The van der Waals surface area contributed by atoms with E-state index in [1.54, 1.807) is 0 Å². The lowest BCUT2D eigenvalue weighted by Crippen LogP contribution is -2.41. The van der Waals surface area contributed by atoms with Gasteiger partial charge in [-0.2, -0.15) is 0 Å². The standard InChI is InChI=1S/C18H29N3O/c1-14(2)22-17-10-8-15(9-11-17)12-13-20-18(19)21-16-6-4-3-5-7-16/h8-11,14,16H,3-7,12-13H2,1-2H3,(H3,19,20,21). The summed E-state index contributed by atoms with van der Waals surface area (Å²) < 4.78 is 5.64. The van der Waals surface area contributed by atoms with Crippen molar-refractivity contribution in [1.82, 2.24) is 5.32 Å². The molecule has 22 heavy (non-hydrogen) atoms. The molecule has 0 aliphatic heterocycles. The Kier molecular flexibility index (Phi) is 6.56. The zero-order chi connectivity index (χ0) is 15.8. The Labute approximate surface area is 134 Å². The smallest absolute Gasteiger partial charge is 0.188 e. The molecule has 0 heterocycles. The second-order valence-corrected chi connectivity index (χ2v) is 6.31. The normalized spacial score (nSPS) is 16.8. The lowest BCUT2D eigenvalue weighted by atomic mass is 9.96. The average Bonchev–Trinajstić information content (AvgIpc) is 2.49. The monoisotopic (exact) mass is 303 g/mol. The summed E-state index contributed by atoms with van der Waals surface area (Å²) in [6.45, 7) is 4.78. The quantitative estimate of drug-likeness (QED) is 0.626. The minimum Gasteiger partial charge on any atom is -0.491 e. The molecule has 0 unspecified atom stereocenters. The van der Waals surface area contributed by atoms with Gasteiger partial charge in [-0.3, -0.25) is 4.99 Å². The van der Waals surface area contributed by atoms with Crippen LogP contribution in [0.3, 0.4) is 0 Å². The third-order valence-corrected chi connectivity index (χ3v) is 3.93. The van der Waals surface area contributed by atoms with E-state index in [0.29, 0.717) is 12.0 Å². The number of rotatable bonds is 6. The third kappa shape index (κ3) is 5.96. The average molecular weight is 303 g/mol. The van der Waals surface area contributed by atoms with Gasteiger partial charge in [0.05, 0.1) is 6.10 Å². The van der Waals surface area contributed by atoms with Crippen LogP contribution in [0.4, 0.5) is 0 Å². The zero-order valence-corrected chi connectivity index (χ0v) is 13.8. The Morgan fingerprint density at radius 2 is 1.91 bits per heavy atom. The van der Waals surface area contributed by atoms with E-state index in [4.69, 9.17) is 10.5 Å². The highest BCUT2D eigenvalue weighted by Crippen LogP contribution is 2.17. The van der Waals surface area contributed by atoms with E-state index in [9.17, 15) is 0 Å². The minimum atomic E-state index is 0.209. The highest BCUT2D eigenvalue weighted by atomic mass is 16.5. The van der Waals surface area contributed by atoms with Gasteiger partial charge in [0, 0.05) is 12.6 Å². The molecule has 122 valence electrons. The van der Waals surface area contributed by atoms with Crippen molar-refractivity contribution < 1.29 is 4.74 Å². The van der Waals surface area contributed by atoms with Crippen LogP contribution in [-0.4, -0.2) is 24.7 Å². The molecule has 0 saturated heterocycles. The van der Waals surface area contributed by atoms with Gasteiger partial charge in [0.2, 0.25) is 0 Å². The van der Waals surface area contributed by atoms with E-state index >= 15 is 0 Å². The van der Waals surface area contributed by atoms with Crippen molar-refractivity contribution in [2.45, 2.75) is 64.5 Å². The van der Waals surface area contributed by atoms with Crippen molar-refractivity contribution >= 4 is 5.96 Å². The van der Waals surface area contributed by atoms with Gasteiger partial charge in [-0.15, -0.1) is 0 Å². The molecule has 0 amide bonds. The van der Waals surface area contributed by atoms with Gasteiger partial charge in [0.25, 0.3) is 0 Å². The van der Waals surface area contributed by atoms with Crippen LogP contribution in [0.25, 0.3) is 0 Å². The molecule has 4 nitrogen and oxygen atoms in total. The van der Waals surface area contributed by atoms with Gasteiger partial charge in [0.1, 0.15) is 5.75 Å². The summed E-state index contributed by atoms with van der Waals surface area (Å²) in [5, 5.41) is 3.34. The fraction of sp³-hybridized carbons (Fsp3) is 0.611. The first-order chi connectivity index (χ1) is 10.6. The first-order valence-electron chi connectivity index (χ1n) is 8.45. The van der Waals surface area contributed by atoms with E-state index < -0.39 is 0 Å². The Morgan fingerprint density at radius 1 is 1.23 bits per heavy atom. The van der Waals surface area contributed by atoms with Gasteiger partial charge in [-0.1, -0.05) is 31.4 Å². The van der Waals surface area contributed by atoms with Gasteiger partial charge >= 0.3 is 0 Å². The molecule has 0 atom stereocenters. The number of benzene rings is 1. The minimum absolute atomic E-state index is 0.209. The second kappa shape index (κ2) is 8.66. The topological polar surface area (TPSA) is 59.6 Å². The van der Waals surface area contributed by atoms with Gasteiger partial charge < -0.3 is 15.8 Å². The molecular weight excluding hydrogens is 274 g/mol. The molecule has 1 aliphatic carbocycles. The lowest BCUT2D eigenvalue weighted by molar-refractivity contribution is 0.242. The summed E-state index contributed by atoms with van der Waals surface area (Å²) in [5.74, 6) is 1.51. The molecule has 1 aromatic carbocycles. The molecule has 1 aliphatic rings. The first kappa shape index (κ1) is 16.7. The zero-order valence-electron chi connectivity index (χ0n) is 13.8. The highest BCUT2D eigenvalue weighted by molar-refractivity contribution is 5.78. The van der Waals surface area contributed by atoms with Crippen LogP contribution >= 0.6 is 0 Å². The van der Waals surface area contributed by atoms with Crippen molar-refractivity contribution in [2.75, 3.05) is 6.54 Å². The summed E-state index contributed by atoms with van der Waals surface area (Å²) >= 11 is 0. The molecule has 0 radical (unpaired) electrons. The van der Waals surface area contributed by atoms with Crippen molar-refractivity contribution in [2.24, 2.45) is 10.7 Å². The largest absolute Gasteiger partial charge is 0.491 e. The molecule has 0 bridgehead atoms. The van der Waals surface area contributed by atoms with E-state index in [1.165, 1.54) is 37.7 Å². The number of ether oxygens (including phenoxy) is 1. The number of nitrogens with two attached hydrogens (primary N) is 1. The predicted molar refractivity (Wildman–Crippen MR) is 92.4 cm³/mol. The molecule has 3 N–H and O–H groups in total. The fourth-order valence-electron chi connectivity index (χ4n) is 2.81. The van der Waals surface area contributed by atoms with Crippen LogP contribution in [0.1, 0.15) is 51.5 Å². The fourth-order valence-corrected chi connectivity index (χ4v) is 2.81. The molecule has 4 heteroatoms. The molecule has 0 aromatic heterocycles. The molecule has 2 rings (SSSR count). The molecule has 1 aromatic rings. The molecular formula is C18H29N3O. The Morgan fingerprint density at radius 3 is 2.55 bits per heavy atom. The summed E-state index contributed by atoms with van der Waals surface area (Å²) in [4.78, 5) is 4.44. The third-order valence-electron chi connectivity index (χ3n) is 3.93. The van der Waals surface area contributed by atoms with E-state index in [-0.39, 0.29) is 6.10 Å². The number of hydrogen-bond donors (Lipinski definition) is 2. The van der Waals surface area contributed by atoms with Crippen molar-refractivity contribution in [3.8, 4) is 5.75 Å². The van der Waals surface area contributed by atoms with Crippen molar-refractivity contribution in [3.63, 3.8) is 0 Å². The SMILES string of the molecule is CC(C)Oc1ccc(CCN=C(N)NC2CCCCC2)cc1. The summed E-state index contributed by atoms with van der Waals surface area (Å²) in [7, 11) is 0. The van der Waals surface area contributed by atoms with Crippen molar-refractivity contribution in [3.05, 3.63) is 29.8 Å². The van der Waals surface area contributed by atoms with Crippen LogP contribution in [-0.2, 0) is 6.42 Å². The summed E-state index contributed by atoms with van der Waals surface area (Å²) in [6.07, 6.45) is 7.49. The number of nitrogens with one attached hydrogen (secondary N) is 1. The van der Waals surface area contributed by atoms with Gasteiger partial charge in [-0.25, -0.2) is 0 Å². The summed E-state index contributed by atoms with van der Waals surface area (Å²) in [6, 6.07) is 8.74. The Hall–Kier alpha value is -1.71. The maximum atomic E-state index is 5.97. The van der Waals surface area contributed by atoms with Crippen LogP contribution in [0.15, 0.2) is 29.3 Å². The maximum Gasteiger partial charge on any atom is 0.188 e. The van der Waals surface area contributed by atoms with Crippen LogP contribution < -0.4 is 15.8 Å². The number of guanidine groups is 1. The van der Waals surface area contributed by atoms with Gasteiger partial charge in [0.15, 0.2) is 5.96 Å². The number of aliphatic imine (C=N–C) groups is 1. The van der Waals surface area contributed by atoms with Crippen LogP contribution in [0.5, 0.6) is 5.75 Å². The highest BCUT2D eigenvalue weighted by Gasteiger charge is 2.13. The number of nitrogens with zero attached hydrogens (tertiary/aromatic N) is 1. The van der Waals surface area contributed by atoms with E-state index in [0.717, 1.165) is 18.7 Å². The predicted octanol–water partition coefficient (Wildman–Crippen LogP) is 3.25. The summed E-state index contributed by atoms with van der Waals surface area (Å²) in [5.41, 5.74) is 7.22. The Balaban J connectivity index is 1.73. The first-order valence-corrected chi connectivity index (χ1v) is 8.45. The van der Waals surface area contributed by atoms with Crippen LogP contribution in [0.2, 0.25) is 0 Å². The molecule has 1 saturated carbocycles.